The minimum Gasteiger partial charge on any atom is -0.382 e. The molecule has 0 unspecified atom stereocenters. The maximum Gasteiger partial charge on any atom is 0.319 e. The smallest absolute Gasteiger partial charge is 0.319 e. The highest BCUT2D eigenvalue weighted by atomic mass is 16.6. The van der Waals surface area contributed by atoms with Crippen LogP contribution in [0.3, 0.4) is 0 Å². The molecule has 0 aliphatic heterocycles. The number of anilines is 2. The van der Waals surface area contributed by atoms with Crippen LogP contribution < -0.4 is 21.3 Å². The maximum absolute atomic E-state index is 12.4. The van der Waals surface area contributed by atoms with Gasteiger partial charge in [0.1, 0.15) is 0 Å². The molecule has 1 rings (SSSR count). The third-order valence-electron chi connectivity index (χ3n) is 8.96. The predicted octanol–water partition coefficient (Wildman–Crippen LogP) is 4.54. The summed E-state index contributed by atoms with van der Waals surface area (Å²) in [5.74, 6) is 0. The Labute approximate surface area is 394 Å². The first kappa shape index (κ1) is 61.2. The molecule has 4 amide bonds. The van der Waals surface area contributed by atoms with E-state index in [1.54, 1.807) is 38.5 Å². The molecule has 20 nitrogen and oxygen atoms in total. The minimum absolute atomic E-state index is 0.288. The third kappa shape index (κ3) is 46.3. The van der Waals surface area contributed by atoms with Crippen LogP contribution in [0.25, 0.3) is 0 Å². The first-order valence-corrected chi connectivity index (χ1v) is 23.8. The van der Waals surface area contributed by atoms with E-state index in [4.69, 9.17) is 66.3 Å². The van der Waals surface area contributed by atoms with Gasteiger partial charge >= 0.3 is 12.1 Å². The van der Waals surface area contributed by atoms with Crippen molar-refractivity contribution in [1.29, 1.82) is 0 Å². The molecule has 0 aliphatic rings. The van der Waals surface area contributed by atoms with Gasteiger partial charge in [-0.05, 0) is 43.9 Å². The van der Waals surface area contributed by atoms with E-state index in [-0.39, 0.29) is 12.1 Å². The van der Waals surface area contributed by atoms with E-state index in [2.05, 4.69) is 21.3 Å². The van der Waals surface area contributed by atoms with Gasteiger partial charge in [-0.3, -0.25) is 0 Å². The van der Waals surface area contributed by atoms with Gasteiger partial charge in [-0.15, -0.1) is 0 Å². The number of hydrogen-bond donors (Lipinski definition) is 4. The van der Waals surface area contributed by atoms with Crippen LogP contribution in [0.2, 0.25) is 0 Å². The second-order valence-corrected chi connectivity index (χ2v) is 14.5. The molecule has 0 saturated carbocycles. The number of amides is 4. The third-order valence-corrected chi connectivity index (χ3v) is 8.96. The molecule has 386 valence electrons. The second-order valence-electron chi connectivity index (χ2n) is 14.5. The van der Waals surface area contributed by atoms with Crippen molar-refractivity contribution in [3.63, 3.8) is 0 Å². The zero-order chi connectivity index (χ0) is 47.3. The summed E-state index contributed by atoms with van der Waals surface area (Å²) in [6.07, 6.45) is 7.64. The molecule has 1 aromatic carbocycles. The maximum atomic E-state index is 12.4. The highest BCUT2D eigenvalue weighted by Gasteiger charge is 2.06. The molecule has 0 radical (unpaired) electrons. The van der Waals surface area contributed by atoms with Crippen LogP contribution in [0.5, 0.6) is 0 Å². The zero-order valence-electron chi connectivity index (χ0n) is 40.3. The molecule has 0 spiro atoms. The van der Waals surface area contributed by atoms with Gasteiger partial charge in [-0.2, -0.15) is 0 Å². The average Bonchev–Trinajstić information content (AvgIpc) is 3.31. The Hall–Kier alpha value is -2.80. The fourth-order valence-electron chi connectivity index (χ4n) is 5.48. The van der Waals surface area contributed by atoms with E-state index < -0.39 is 0 Å². The molecule has 4 N–H and O–H groups in total. The zero-order valence-corrected chi connectivity index (χ0v) is 40.3. The van der Waals surface area contributed by atoms with Crippen molar-refractivity contribution in [1.82, 2.24) is 10.6 Å². The lowest BCUT2D eigenvalue weighted by atomic mass is 10.2. The highest BCUT2D eigenvalue weighted by molar-refractivity contribution is 5.92. The van der Waals surface area contributed by atoms with Crippen LogP contribution in [0.1, 0.15) is 51.4 Å². The molecule has 0 heterocycles. The number of unbranched alkanes of at least 4 members (excludes halogenated alkanes) is 6. The summed E-state index contributed by atoms with van der Waals surface area (Å²) in [7, 11) is 3.29. The summed E-state index contributed by atoms with van der Waals surface area (Å²) in [6, 6.07) is 6.48. The van der Waals surface area contributed by atoms with Crippen molar-refractivity contribution in [2.45, 2.75) is 51.4 Å². The molecular formula is C46H86N4O16. The van der Waals surface area contributed by atoms with Crippen molar-refractivity contribution < 1.29 is 75.9 Å². The largest absolute Gasteiger partial charge is 0.382 e. The SMILES string of the molecule is COCCOCCOCCOCCOCCOCCOCCCCCCNC(=O)Nc1cccc(NC(=O)NCCCCCCOCCOCCOCCOCCOCCOCCOC)c1. The fraction of sp³-hybridized carbons (Fsp3) is 0.826. The lowest BCUT2D eigenvalue weighted by Gasteiger charge is -2.11. The lowest BCUT2D eigenvalue weighted by Crippen LogP contribution is -2.30. The van der Waals surface area contributed by atoms with E-state index >= 15 is 0 Å². The highest BCUT2D eigenvalue weighted by Crippen LogP contribution is 2.15. The Bertz CT molecular complexity index is 1100. The average molecular weight is 951 g/mol. The molecule has 0 bridgehead atoms. The van der Waals surface area contributed by atoms with E-state index in [0.29, 0.717) is 196 Å². The van der Waals surface area contributed by atoms with Crippen LogP contribution in [0.4, 0.5) is 21.0 Å². The van der Waals surface area contributed by atoms with Crippen molar-refractivity contribution in [3.8, 4) is 0 Å². The Morgan fingerprint density at radius 1 is 0.333 bits per heavy atom. The number of rotatable bonds is 52. The molecule has 0 aromatic heterocycles. The Balaban J connectivity index is 1.83. The fourth-order valence-corrected chi connectivity index (χ4v) is 5.48. The summed E-state index contributed by atoms with van der Waals surface area (Å²) < 4.78 is 75.6. The summed E-state index contributed by atoms with van der Waals surface area (Å²) >= 11 is 0. The van der Waals surface area contributed by atoms with Crippen LogP contribution in [0, 0.1) is 0 Å². The number of carbonyl (C=O) groups is 2. The number of ether oxygens (including phenoxy) is 14. The molecule has 0 atom stereocenters. The number of hydrogen-bond acceptors (Lipinski definition) is 16. The van der Waals surface area contributed by atoms with E-state index in [0.717, 1.165) is 51.4 Å². The monoisotopic (exact) mass is 951 g/mol. The van der Waals surface area contributed by atoms with E-state index in [1.807, 2.05) is 0 Å². The second kappa shape index (κ2) is 51.6. The van der Waals surface area contributed by atoms with Crippen molar-refractivity contribution in [2.24, 2.45) is 0 Å². The lowest BCUT2D eigenvalue weighted by molar-refractivity contribution is -0.0191. The molecule has 20 heteroatoms. The van der Waals surface area contributed by atoms with Gasteiger partial charge in [0.2, 0.25) is 0 Å². The number of benzene rings is 1. The molecular weight excluding hydrogens is 865 g/mol. The summed E-state index contributed by atoms with van der Waals surface area (Å²) in [5, 5.41) is 11.4. The number of carbonyl (C=O) groups excluding carboxylic acids is 2. The molecule has 0 aliphatic carbocycles. The minimum atomic E-state index is -0.288. The summed E-state index contributed by atoms with van der Waals surface area (Å²) in [4.78, 5) is 24.8. The summed E-state index contributed by atoms with van der Waals surface area (Å²) in [6.45, 7) is 15.3. The quantitative estimate of drug-likeness (QED) is 0.0661. The topological polar surface area (TPSA) is 211 Å². The first-order chi connectivity index (χ1) is 32.7. The van der Waals surface area contributed by atoms with Crippen LogP contribution in [-0.4, -0.2) is 211 Å². The van der Waals surface area contributed by atoms with Gasteiger partial charge in [0.15, 0.2) is 0 Å². The number of urea groups is 2. The van der Waals surface area contributed by atoms with Gasteiger partial charge in [-0.1, -0.05) is 31.7 Å². The Morgan fingerprint density at radius 2 is 0.576 bits per heavy atom. The van der Waals surface area contributed by atoms with Gasteiger partial charge < -0.3 is 87.6 Å². The van der Waals surface area contributed by atoms with Gasteiger partial charge in [0.25, 0.3) is 0 Å². The molecule has 1 aromatic rings. The van der Waals surface area contributed by atoms with Gasteiger partial charge in [0, 0.05) is 51.9 Å². The molecule has 66 heavy (non-hydrogen) atoms. The van der Waals surface area contributed by atoms with E-state index in [9.17, 15) is 9.59 Å². The summed E-state index contributed by atoms with van der Waals surface area (Å²) in [5.41, 5.74) is 1.18. The number of methoxy groups -OCH3 is 2. The Kier molecular flexibility index (Phi) is 47.8. The van der Waals surface area contributed by atoms with Crippen molar-refractivity contribution >= 4 is 23.4 Å². The first-order valence-electron chi connectivity index (χ1n) is 23.8. The number of nitrogens with one attached hydrogen (secondary N) is 4. The normalized spacial score (nSPS) is 11.3. The van der Waals surface area contributed by atoms with Crippen LogP contribution in [0.15, 0.2) is 24.3 Å². The van der Waals surface area contributed by atoms with Crippen LogP contribution >= 0.6 is 0 Å². The van der Waals surface area contributed by atoms with E-state index in [1.165, 1.54) is 0 Å². The van der Waals surface area contributed by atoms with Gasteiger partial charge in [-0.25, -0.2) is 9.59 Å². The van der Waals surface area contributed by atoms with Crippen molar-refractivity contribution in [2.75, 3.05) is 210 Å². The van der Waals surface area contributed by atoms with Gasteiger partial charge in [0.05, 0.1) is 159 Å². The van der Waals surface area contributed by atoms with Crippen LogP contribution in [-0.2, 0) is 66.3 Å². The standard InChI is InChI=1S/C46H86N4O16/c1-53-18-20-57-26-28-61-34-36-65-40-38-63-32-30-59-24-22-55-16-9-5-3-7-14-47-45(51)49-43-12-11-13-44(42-43)50-46(52)48-15-8-4-6-10-17-56-23-25-60-31-33-64-39-41-66-37-35-62-29-27-58-21-19-54-2/h11-13,42H,3-10,14-41H2,1-2H3,(H2,47,49,51)(H2,48,50,52). The molecule has 0 fully saturated rings. The predicted molar refractivity (Wildman–Crippen MR) is 251 cm³/mol. The molecule has 0 saturated heterocycles. The van der Waals surface area contributed by atoms with Crippen molar-refractivity contribution in [3.05, 3.63) is 24.3 Å². The Morgan fingerprint density at radius 3 is 0.848 bits per heavy atom.